The van der Waals surface area contributed by atoms with Crippen LogP contribution in [0, 0.1) is 6.92 Å². The Balaban J connectivity index is 1.50. The number of aromatic nitrogens is 3. The van der Waals surface area contributed by atoms with Crippen LogP contribution >= 0.6 is 23.1 Å². The normalized spacial score (nSPS) is 12.2. The molecule has 1 atom stereocenters. The van der Waals surface area contributed by atoms with Crippen molar-refractivity contribution in [2.24, 2.45) is 0 Å². The molecule has 35 heavy (non-hydrogen) atoms. The van der Waals surface area contributed by atoms with Gasteiger partial charge in [-0.25, -0.2) is 9.97 Å². The number of amides is 1. The van der Waals surface area contributed by atoms with Crippen molar-refractivity contribution in [2.45, 2.75) is 31.5 Å². The van der Waals surface area contributed by atoms with Gasteiger partial charge in [-0.2, -0.15) is 0 Å². The first-order valence-electron chi connectivity index (χ1n) is 11.3. The van der Waals surface area contributed by atoms with Crippen LogP contribution < -0.4 is 10.9 Å². The maximum Gasteiger partial charge on any atom is 0.272 e. The lowest BCUT2D eigenvalue weighted by Crippen LogP contribution is -2.25. The largest absolute Gasteiger partial charge is 0.325 e. The Morgan fingerprint density at radius 3 is 2.66 bits per heavy atom. The van der Waals surface area contributed by atoms with Crippen molar-refractivity contribution in [3.8, 4) is 0 Å². The summed E-state index contributed by atoms with van der Waals surface area (Å²) < 4.78 is 2.30. The van der Waals surface area contributed by atoms with Crippen LogP contribution in [0.4, 0.5) is 5.69 Å². The molecular weight excluding hydrogens is 476 g/mol. The molecule has 0 unspecified atom stereocenters. The van der Waals surface area contributed by atoms with E-state index in [9.17, 15) is 9.59 Å². The molecule has 0 spiro atoms. The van der Waals surface area contributed by atoms with Crippen molar-refractivity contribution < 1.29 is 4.79 Å². The summed E-state index contributed by atoms with van der Waals surface area (Å²) in [4.78, 5) is 36.5. The topological polar surface area (TPSA) is 76.9 Å². The minimum absolute atomic E-state index is 0.0948. The van der Waals surface area contributed by atoms with Crippen LogP contribution in [-0.2, 0) is 11.3 Å². The molecule has 0 saturated carbocycles. The zero-order chi connectivity index (χ0) is 24.4. The summed E-state index contributed by atoms with van der Waals surface area (Å²) >= 11 is 2.65. The first kappa shape index (κ1) is 23.3. The van der Waals surface area contributed by atoms with E-state index >= 15 is 0 Å². The van der Waals surface area contributed by atoms with Crippen molar-refractivity contribution in [1.29, 1.82) is 0 Å². The summed E-state index contributed by atoms with van der Waals surface area (Å²) in [6, 6.07) is 21.6. The highest BCUT2D eigenvalue weighted by molar-refractivity contribution is 7.99. The van der Waals surface area contributed by atoms with Crippen LogP contribution in [-0.4, -0.2) is 26.2 Å². The molecule has 0 aliphatic rings. The lowest BCUT2D eigenvalue weighted by atomic mass is 10.0. The summed E-state index contributed by atoms with van der Waals surface area (Å²) in [5.74, 6) is 0.103. The molecular formula is C27H24N4O2S2. The zero-order valence-corrected chi connectivity index (χ0v) is 21.0. The van der Waals surface area contributed by atoms with E-state index in [1.807, 2.05) is 61.5 Å². The maximum atomic E-state index is 13.7. The molecule has 8 heteroatoms. The summed E-state index contributed by atoms with van der Waals surface area (Å²) in [5, 5.41) is 4.36. The summed E-state index contributed by atoms with van der Waals surface area (Å²) in [7, 11) is 0. The number of hydrogen-bond acceptors (Lipinski definition) is 6. The predicted octanol–water partition coefficient (Wildman–Crippen LogP) is 5.85. The molecule has 0 bridgehead atoms. The number of hydrogen-bond donors (Lipinski definition) is 1. The SMILES string of the molecule is Cc1ccccc1NC(=O)CSc1nc2c(sc3ncccc32)c(=O)n1C[C@H](C)c1ccccc1. The Morgan fingerprint density at radius 2 is 1.86 bits per heavy atom. The van der Waals surface area contributed by atoms with E-state index in [2.05, 4.69) is 29.4 Å². The summed E-state index contributed by atoms with van der Waals surface area (Å²) in [6.45, 7) is 4.52. The minimum atomic E-state index is -0.141. The van der Waals surface area contributed by atoms with E-state index in [4.69, 9.17) is 4.98 Å². The summed E-state index contributed by atoms with van der Waals surface area (Å²) in [6.07, 6.45) is 1.72. The molecule has 5 rings (SSSR count). The van der Waals surface area contributed by atoms with Gasteiger partial charge in [0.15, 0.2) is 5.16 Å². The highest BCUT2D eigenvalue weighted by atomic mass is 32.2. The molecule has 1 amide bonds. The second kappa shape index (κ2) is 10.0. The fraction of sp³-hybridized carbons (Fsp3) is 0.185. The maximum absolute atomic E-state index is 13.7. The van der Waals surface area contributed by atoms with Crippen molar-refractivity contribution >= 4 is 55.1 Å². The van der Waals surface area contributed by atoms with Crippen LogP contribution in [0.1, 0.15) is 24.0 Å². The molecule has 1 N–H and O–H groups in total. The smallest absolute Gasteiger partial charge is 0.272 e. The van der Waals surface area contributed by atoms with Crippen LogP contribution in [0.5, 0.6) is 0 Å². The molecule has 5 aromatic rings. The first-order chi connectivity index (χ1) is 17.0. The lowest BCUT2D eigenvalue weighted by Gasteiger charge is -2.17. The third-order valence-electron chi connectivity index (χ3n) is 5.89. The van der Waals surface area contributed by atoms with Crippen molar-refractivity contribution in [2.75, 3.05) is 11.1 Å². The number of nitrogens with zero attached hydrogens (tertiary/aromatic N) is 3. The highest BCUT2D eigenvalue weighted by Crippen LogP contribution is 2.31. The molecule has 0 saturated heterocycles. The van der Waals surface area contributed by atoms with Gasteiger partial charge in [-0.05, 0) is 42.2 Å². The quantitative estimate of drug-likeness (QED) is 0.224. The number of aryl methyl sites for hydroxylation is 1. The number of pyridine rings is 1. The average molecular weight is 501 g/mol. The number of thioether (sulfide) groups is 1. The molecule has 176 valence electrons. The minimum Gasteiger partial charge on any atom is -0.325 e. The Morgan fingerprint density at radius 1 is 1.09 bits per heavy atom. The molecule has 3 aromatic heterocycles. The van der Waals surface area contributed by atoms with Gasteiger partial charge in [0.05, 0.1) is 11.3 Å². The predicted molar refractivity (Wildman–Crippen MR) is 145 cm³/mol. The molecule has 0 fully saturated rings. The molecule has 6 nitrogen and oxygen atoms in total. The van der Waals surface area contributed by atoms with Crippen LogP contribution in [0.15, 0.2) is 82.9 Å². The molecule has 0 aliphatic carbocycles. The fourth-order valence-corrected chi connectivity index (χ4v) is 5.84. The molecule has 0 aliphatic heterocycles. The van der Waals surface area contributed by atoms with E-state index in [1.165, 1.54) is 23.1 Å². The number of anilines is 1. The van der Waals surface area contributed by atoms with E-state index < -0.39 is 0 Å². The van der Waals surface area contributed by atoms with Gasteiger partial charge in [0, 0.05) is 23.8 Å². The van der Waals surface area contributed by atoms with Gasteiger partial charge in [0.1, 0.15) is 9.53 Å². The number of carbonyl (C=O) groups excluding carboxylic acids is 1. The van der Waals surface area contributed by atoms with Gasteiger partial charge in [-0.15, -0.1) is 11.3 Å². The van der Waals surface area contributed by atoms with Crippen LogP contribution in [0.2, 0.25) is 0 Å². The van der Waals surface area contributed by atoms with Crippen molar-refractivity contribution in [3.05, 3.63) is 94.4 Å². The van der Waals surface area contributed by atoms with E-state index in [-0.39, 0.29) is 23.1 Å². The molecule has 2 aromatic carbocycles. The van der Waals surface area contributed by atoms with E-state index in [1.54, 1.807) is 10.8 Å². The number of rotatable bonds is 7. The molecule has 0 radical (unpaired) electrons. The second-order valence-electron chi connectivity index (χ2n) is 8.41. The molecule has 3 heterocycles. The second-order valence-corrected chi connectivity index (χ2v) is 10.4. The average Bonchev–Trinajstić information content (AvgIpc) is 3.25. The fourth-order valence-electron chi connectivity index (χ4n) is 4.00. The highest BCUT2D eigenvalue weighted by Gasteiger charge is 2.20. The Hall–Kier alpha value is -3.49. The Labute approximate surface area is 211 Å². The number of nitrogens with one attached hydrogen (secondary N) is 1. The number of carbonyl (C=O) groups is 1. The number of para-hydroxylation sites is 1. The van der Waals surface area contributed by atoms with Crippen molar-refractivity contribution in [3.63, 3.8) is 0 Å². The van der Waals surface area contributed by atoms with Gasteiger partial charge in [-0.1, -0.05) is 67.2 Å². The van der Waals surface area contributed by atoms with Crippen LogP contribution in [0.25, 0.3) is 20.4 Å². The monoisotopic (exact) mass is 500 g/mol. The van der Waals surface area contributed by atoms with Gasteiger partial charge in [-0.3, -0.25) is 14.2 Å². The lowest BCUT2D eigenvalue weighted by molar-refractivity contribution is -0.113. The summed E-state index contributed by atoms with van der Waals surface area (Å²) in [5.41, 5.74) is 3.48. The zero-order valence-electron chi connectivity index (χ0n) is 19.4. The van der Waals surface area contributed by atoms with E-state index in [0.29, 0.717) is 21.9 Å². The Kier molecular flexibility index (Phi) is 6.66. The Bertz CT molecular complexity index is 1580. The van der Waals surface area contributed by atoms with Gasteiger partial charge in [0.25, 0.3) is 5.56 Å². The standard InChI is InChI=1S/C27H24N4O2S2/c1-17-9-6-7-13-21(17)29-22(32)16-34-27-30-23-20-12-8-14-28-25(20)35-24(23)26(33)31(27)15-18(2)19-10-4-3-5-11-19/h3-14,18H,15-16H2,1-2H3,(H,29,32)/t18-/m0/s1. The van der Waals surface area contributed by atoms with Gasteiger partial charge in [0.2, 0.25) is 5.91 Å². The first-order valence-corrected chi connectivity index (χ1v) is 13.1. The van der Waals surface area contributed by atoms with Crippen LogP contribution in [0.3, 0.4) is 0 Å². The van der Waals surface area contributed by atoms with Gasteiger partial charge < -0.3 is 5.32 Å². The number of thiophene rings is 1. The third-order valence-corrected chi connectivity index (χ3v) is 7.96. The van der Waals surface area contributed by atoms with Gasteiger partial charge >= 0.3 is 0 Å². The van der Waals surface area contributed by atoms with E-state index in [0.717, 1.165) is 27.0 Å². The third kappa shape index (κ3) is 4.85. The van der Waals surface area contributed by atoms with Crippen molar-refractivity contribution in [1.82, 2.24) is 14.5 Å². The number of benzene rings is 2. The number of fused-ring (bicyclic) bond motifs is 3.